The zero-order valence-corrected chi connectivity index (χ0v) is 9.41. The van der Waals surface area contributed by atoms with Crippen LogP contribution in [0.1, 0.15) is 26.3 Å². The molecule has 1 N–H and O–H groups in total. The number of benzene rings is 1. The Kier molecular flexibility index (Phi) is 3.86. The van der Waals surface area contributed by atoms with Gasteiger partial charge in [0.2, 0.25) is 0 Å². The molecule has 3 heteroatoms. The maximum absolute atomic E-state index is 11.8. The van der Waals surface area contributed by atoms with Gasteiger partial charge in [-0.1, -0.05) is 30.3 Å². The lowest BCUT2D eigenvalue weighted by Gasteiger charge is -2.23. The lowest BCUT2D eigenvalue weighted by atomic mass is 9.84. The average Bonchev–Trinajstić information content (AvgIpc) is 2.27. The average molecular weight is 207 g/mol. The number of hydrogen-bond acceptors (Lipinski definition) is 2. The first-order valence-electron chi connectivity index (χ1n) is 5.06. The Morgan fingerprint density at radius 1 is 1.33 bits per heavy atom. The highest BCUT2D eigenvalue weighted by atomic mass is 16.6. The molecule has 3 nitrogen and oxygen atoms in total. The van der Waals surface area contributed by atoms with Gasteiger partial charge in [-0.25, -0.2) is 5.48 Å². The van der Waals surface area contributed by atoms with Crippen LogP contribution in [-0.2, 0) is 15.0 Å². The van der Waals surface area contributed by atoms with Crippen LogP contribution >= 0.6 is 0 Å². The van der Waals surface area contributed by atoms with Crippen molar-refractivity contribution in [3.63, 3.8) is 0 Å². The van der Waals surface area contributed by atoms with E-state index in [1.807, 2.05) is 51.1 Å². The Balaban J connectivity index is 2.78. The van der Waals surface area contributed by atoms with Crippen LogP contribution in [0.25, 0.3) is 0 Å². The Hall–Kier alpha value is -1.35. The van der Waals surface area contributed by atoms with Crippen LogP contribution in [0.15, 0.2) is 30.3 Å². The van der Waals surface area contributed by atoms with Crippen molar-refractivity contribution in [2.75, 3.05) is 6.61 Å². The second-order valence-electron chi connectivity index (χ2n) is 3.86. The molecule has 0 bridgehead atoms. The molecule has 15 heavy (non-hydrogen) atoms. The molecule has 0 aliphatic heterocycles. The fraction of sp³-hybridized carbons (Fsp3) is 0.417. The van der Waals surface area contributed by atoms with Gasteiger partial charge in [-0.2, -0.15) is 0 Å². The number of rotatable bonds is 4. The van der Waals surface area contributed by atoms with Crippen LogP contribution in [0.2, 0.25) is 0 Å². The summed E-state index contributed by atoms with van der Waals surface area (Å²) >= 11 is 0. The summed E-state index contributed by atoms with van der Waals surface area (Å²) in [4.78, 5) is 16.7. The Morgan fingerprint density at radius 3 is 2.47 bits per heavy atom. The minimum atomic E-state index is -0.573. The third-order valence-corrected chi connectivity index (χ3v) is 2.37. The summed E-state index contributed by atoms with van der Waals surface area (Å²) in [5.41, 5.74) is 2.83. The van der Waals surface area contributed by atoms with Gasteiger partial charge < -0.3 is 0 Å². The smallest absolute Gasteiger partial charge is 0.253 e. The summed E-state index contributed by atoms with van der Waals surface area (Å²) in [5, 5.41) is 0. The van der Waals surface area contributed by atoms with E-state index in [9.17, 15) is 4.79 Å². The number of hydroxylamine groups is 1. The molecule has 1 aromatic carbocycles. The second kappa shape index (κ2) is 4.94. The lowest BCUT2D eigenvalue weighted by molar-refractivity contribution is -0.138. The number of nitrogens with one attached hydrogen (secondary N) is 1. The maximum Gasteiger partial charge on any atom is 0.253 e. The first-order chi connectivity index (χ1) is 7.09. The van der Waals surface area contributed by atoms with Crippen LogP contribution in [0.3, 0.4) is 0 Å². The van der Waals surface area contributed by atoms with Gasteiger partial charge in [0.15, 0.2) is 0 Å². The molecule has 0 aliphatic carbocycles. The number of carbonyl (C=O) groups is 1. The minimum Gasteiger partial charge on any atom is -0.274 e. The lowest BCUT2D eigenvalue weighted by Crippen LogP contribution is -2.40. The predicted octanol–water partition coefficient (Wildman–Crippen LogP) is 2.03. The highest BCUT2D eigenvalue weighted by Crippen LogP contribution is 2.22. The van der Waals surface area contributed by atoms with Crippen molar-refractivity contribution < 1.29 is 9.63 Å². The Labute approximate surface area is 90.4 Å². The standard InChI is InChI=1S/C12H17NO2/c1-4-15-13-11(14)12(2,3)10-8-6-5-7-9-10/h5-9H,4H2,1-3H3,(H,13,14). The fourth-order valence-electron chi connectivity index (χ4n) is 1.25. The Bertz CT molecular complexity index is 320. The molecule has 1 rings (SSSR count). The SMILES string of the molecule is CCONC(=O)C(C)(C)c1ccccc1. The van der Waals surface area contributed by atoms with E-state index in [1.165, 1.54) is 0 Å². The number of hydrogen-bond donors (Lipinski definition) is 1. The van der Waals surface area contributed by atoms with E-state index in [1.54, 1.807) is 0 Å². The summed E-state index contributed by atoms with van der Waals surface area (Å²) in [5.74, 6) is -0.129. The highest BCUT2D eigenvalue weighted by Gasteiger charge is 2.29. The number of carbonyl (C=O) groups excluding carboxylic acids is 1. The molecule has 1 aromatic rings. The van der Waals surface area contributed by atoms with Crippen molar-refractivity contribution >= 4 is 5.91 Å². The van der Waals surface area contributed by atoms with Gasteiger partial charge in [-0.05, 0) is 26.3 Å². The van der Waals surface area contributed by atoms with Crippen molar-refractivity contribution in [3.8, 4) is 0 Å². The summed E-state index contributed by atoms with van der Waals surface area (Å²) in [6.07, 6.45) is 0. The molecule has 0 atom stereocenters. The van der Waals surface area contributed by atoms with Gasteiger partial charge in [0.05, 0.1) is 12.0 Å². The molecule has 0 aromatic heterocycles. The van der Waals surface area contributed by atoms with Gasteiger partial charge >= 0.3 is 0 Å². The molecule has 1 amide bonds. The summed E-state index contributed by atoms with van der Waals surface area (Å²) in [6, 6.07) is 9.65. The van der Waals surface area contributed by atoms with Crippen LogP contribution in [-0.4, -0.2) is 12.5 Å². The zero-order chi connectivity index (χ0) is 11.3. The van der Waals surface area contributed by atoms with Gasteiger partial charge in [0, 0.05) is 0 Å². The predicted molar refractivity (Wildman–Crippen MR) is 59.2 cm³/mol. The van der Waals surface area contributed by atoms with E-state index in [0.29, 0.717) is 6.61 Å². The van der Waals surface area contributed by atoms with Gasteiger partial charge in [0.25, 0.3) is 5.91 Å². The summed E-state index contributed by atoms with van der Waals surface area (Å²) < 4.78 is 0. The van der Waals surface area contributed by atoms with E-state index in [4.69, 9.17) is 4.84 Å². The molecule has 0 radical (unpaired) electrons. The molecule has 0 saturated carbocycles. The van der Waals surface area contributed by atoms with E-state index in [2.05, 4.69) is 5.48 Å². The first-order valence-corrected chi connectivity index (χ1v) is 5.06. The van der Waals surface area contributed by atoms with E-state index in [-0.39, 0.29) is 5.91 Å². The van der Waals surface area contributed by atoms with E-state index >= 15 is 0 Å². The molecule has 0 heterocycles. The van der Waals surface area contributed by atoms with Crippen molar-refractivity contribution in [3.05, 3.63) is 35.9 Å². The van der Waals surface area contributed by atoms with Crippen molar-refractivity contribution in [2.45, 2.75) is 26.2 Å². The maximum atomic E-state index is 11.8. The van der Waals surface area contributed by atoms with Gasteiger partial charge in [-0.3, -0.25) is 9.63 Å². The van der Waals surface area contributed by atoms with Crippen molar-refractivity contribution in [2.24, 2.45) is 0 Å². The van der Waals surface area contributed by atoms with Crippen molar-refractivity contribution in [1.82, 2.24) is 5.48 Å². The largest absolute Gasteiger partial charge is 0.274 e. The van der Waals surface area contributed by atoms with E-state index in [0.717, 1.165) is 5.56 Å². The molecule has 0 aliphatic rings. The monoisotopic (exact) mass is 207 g/mol. The summed E-state index contributed by atoms with van der Waals surface area (Å²) in [6.45, 7) is 6.04. The molecule has 0 spiro atoms. The normalized spacial score (nSPS) is 11.1. The third-order valence-electron chi connectivity index (χ3n) is 2.37. The molecular formula is C12H17NO2. The van der Waals surface area contributed by atoms with Crippen LogP contribution in [0, 0.1) is 0 Å². The van der Waals surface area contributed by atoms with E-state index < -0.39 is 5.41 Å². The highest BCUT2D eigenvalue weighted by molar-refractivity contribution is 5.86. The van der Waals surface area contributed by atoms with Crippen LogP contribution in [0.4, 0.5) is 0 Å². The fourth-order valence-corrected chi connectivity index (χ4v) is 1.25. The van der Waals surface area contributed by atoms with Crippen LogP contribution < -0.4 is 5.48 Å². The van der Waals surface area contributed by atoms with Crippen molar-refractivity contribution in [1.29, 1.82) is 0 Å². The third kappa shape index (κ3) is 2.80. The second-order valence-corrected chi connectivity index (χ2v) is 3.86. The first kappa shape index (κ1) is 11.7. The minimum absolute atomic E-state index is 0.129. The molecule has 82 valence electrons. The summed E-state index contributed by atoms with van der Waals surface area (Å²) in [7, 11) is 0. The number of amides is 1. The zero-order valence-electron chi connectivity index (χ0n) is 9.41. The topological polar surface area (TPSA) is 38.3 Å². The van der Waals surface area contributed by atoms with Gasteiger partial charge in [-0.15, -0.1) is 0 Å². The molecule has 0 fully saturated rings. The molecule has 0 saturated heterocycles. The molecular weight excluding hydrogens is 190 g/mol. The van der Waals surface area contributed by atoms with Gasteiger partial charge in [0.1, 0.15) is 0 Å². The Morgan fingerprint density at radius 2 is 1.93 bits per heavy atom. The van der Waals surface area contributed by atoms with Crippen LogP contribution in [0.5, 0.6) is 0 Å². The quantitative estimate of drug-likeness (QED) is 0.767. The molecule has 0 unspecified atom stereocenters.